The number of anilines is 4. The van der Waals surface area contributed by atoms with E-state index in [0.29, 0.717) is 111 Å². The van der Waals surface area contributed by atoms with Crippen molar-refractivity contribution in [3.05, 3.63) is 175 Å². The molecule has 4 saturated heterocycles. The summed E-state index contributed by atoms with van der Waals surface area (Å²) in [6, 6.07) is 24.6. The van der Waals surface area contributed by atoms with Crippen molar-refractivity contribution in [2.75, 3.05) is 120 Å². The van der Waals surface area contributed by atoms with Gasteiger partial charge in [-0.2, -0.15) is 4.39 Å². The lowest BCUT2D eigenvalue weighted by Crippen LogP contribution is -2.40. The molecule has 114 heavy (non-hydrogen) atoms. The molecule has 9 heterocycles. The first-order valence-corrected chi connectivity index (χ1v) is 40.3. The number of rotatable bonds is 26. The topological polar surface area (TPSA) is 273 Å². The van der Waals surface area contributed by atoms with E-state index in [9.17, 15) is 33.5 Å². The summed E-state index contributed by atoms with van der Waals surface area (Å²) in [6.45, 7) is 27.8. The van der Waals surface area contributed by atoms with E-state index in [0.717, 1.165) is 203 Å². The van der Waals surface area contributed by atoms with Crippen LogP contribution in [-0.2, 0) is 67.3 Å². The van der Waals surface area contributed by atoms with Crippen LogP contribution in [0.1, 0.15) is 187 Å². The van der Waals surface area contributed by atoms with Crippen LogP contribution in [0.4, 0.5) is 27.1 Å². The molecule has 4 aliphatic heterocycles. The number of carbonyl (C=O) groups is 4. The Hall–Kier alpha value is -10.3. The fourth-order valence-electron chi connectivity index (χ4n) is 16.9. The van der Waals surface area contributed by atoms with Crippen molar-refractivity contribution in [2.45, 2.75) is 177 Å². The molecular formula is C89H111FN6O18. The number of esters is 2. The number of benzene rings is 5. The second-order valence-electron chi connectivity index (χ2n) is 28.6. The molecule has 3 N–H and O–H groups in total. The zero-order chi connectivity index (χ0) is 81.1. The van der Waals surface area contributed by atoms with E-state index in [1.165, 1.54) is 20.3 Å². The van der Waals surface area contributed by atoms with Gasteiger partial charge in [0.15, 0.2) is 0 Å². The van der Waals surface area contributed by atoms with Crippen molar-refractivity contribution >= 4 is 90.4 Å². The minimum absolute atomic E-state index is 0.0374. The van der Waals surface area contributed by atoms with Gasteiger partial charge < -0.3 is 90.6 Å². The predicted octanol–water partition coefficient (Wildman–Crippen LogP) is 16.9. The maximum atomic E-state index is 14.2. The van der Waals surface area contributed by atoms with Gasteiger partial charge in [0, 0.05) is 184 Å². The van der Waals surface area contributed by atoms with Crippen LogP contribution < -0.4 is 39.9 Å². The molecule has 14 rings (SSSR count). The number of aromatic nitrogens is 1. The van der Waals surface area contributed by atoms with E-state index >= 15 is 0 Å². The third-order valence-corrected chi connectivity index (χ3v) is 22.4. The number of aromatic amines is 1. The molecule has 0 saturated carbocycles. The Kier molecular flexibility index (Phi) is 29.7. The smallest absolute Gasteiger partial charge is 0.339 e. The second kappa shape index (κ2) is 40.1. The number of methoxy groups -OCH3 is 3. The quantitative estimate of drug-likeness (QED) is 0.0425. The van der Waals surface area contributed by atoms with Crippen LogP contribution in [0.5, 0.6) is 11.5 Å². The summed E-state index contributed by atoms with van der Waals surface area (Å²) in [6.07, 6.45) is 15.2. The summed E-state index contributed by atoms with van der Waals surface area (Å²) in [5, 5.41) is 15.3. The number of hydrogen-bond donors (Lipinski definition) is 3. The summed E-state index contributed by atoms with van der Waals surface area (Å²) in [4.78, 5) is 75.8. The molecule has 24 nitrogen and oxygen atoms in total. The molecule has 5 aromatic heterocycles. The van der Waals surface area contributed by atoms with Gasteiger partial charge in [0.25, 0.3) is 17.5 Å². The average molecular weight is 1570 g/mol. The molecule has 0 unspecified atom stereocenters. The highest BCUT2D eigenvalue weighted by atomic mass is 19.1. The number of aromatic carboxylic acids is 1. The Morgan fingerprint density at radius 2 is 0.868 bits per heavy atom. The normalized spacial score (nSPS) is 15.0. The number of pyridine rings is 1. The zero-order valence-corrected chi connectivity index (χ0v) is 68.0. The molecule has 4 aliphatic rings. The summed E-state index contributed by atoms with van der Waals surface area (Å²) >= 11 is 0. The zero-order valence-electron chi connectivity index (χ0n) is 68.0. The van der Waals surface area contributed by atoms with E-state index in [2.05, 4.69) is 83.6 Å². The van der Waals surface area contributed by atoms with E-state index < -0.39 is 17.9 Å². The number of furan rings is 4. The van der Waals surface area contributed by atoms with Crippen LogP contribution in [-0.4, -0.2) is 158 Å². The molecule has 0 atom stereocenters. The molecular weight excluding hydrogens is 1460 g/mol. The minimum atomic E-state index is -0.891. The maximum Gasteiger partial charge on any atom is 0.339 e. The summed E-state index contributed by atoms with van der Waals surface area (Å²) < 4.78 is 79.9. The number of nitrogens with one attached hydrogen (secondary N) is 2. The Balaban J connectivity index is 0.000000152. The highest BCUT2D eigenvalue weighted by molar-refractivity contribution is 6.10. The highest BCUT2D eigenvalue weighted by Crippen LogP contribution is 2.41. The van der Waals surface area contributed by atoms with Crippen LogP contribution >= 0.6 is 0 Å². The van der Waals surface area contributed by atoms with Gasteiger partial charge in [-0.3, -0.25) is 9.59 Å². The van der Waals surface area contributed by atoms with Crippen LogP contribution in [0.25, 0.3) is 43.9 Å². The Bertz CT molecular complexity index is 4960. The molecule has 0 bridgehead atoms. The number of ether oxygens (including phenoxy) is 8. The van der Waals surface area contributed by atoms with Crippen molar-refractivity contribution < 1.29 is 84.2 Å². The monoisotopic (exact) mass is 1570 g/mol. The van der Waals surface area contributed by atoms with Crippen molar-refractivity contribution in [2.24, 2.45) is 0 Å². The fourth-order valence-corrected chi connectivity index (χ4v) is 16.9. The lowest BCUT2D eigenvalue weighted by Gasteiger charge is -2.37. The van der Waals surface area contributed by atoms with Gasteiger partial charge in [-0.15, -0.1) is 0 Å². The predicted molar refractivity (Wildman–Crippen MR) is 440 cm³/mol. The molecule has 5 aromatic carbocycles. The number of halogens is 1. The number of carboxylic acids is 1. The van der Waals surface area contributed by atoms with Gasteiger partial charge in [0.05, 0.1) is 74.5 Å². The van der Waals surface area contributed by atoms with Crippen molar-refractivity contribution in [3.8, 4) is 11.5 Å². The molecule has 0 aliphatic carbocycles. The van der Waals surface area contributed by atoms with Crippen LogP contribution in [0, 0.1) is 12.9 Å². The molecule has 4 fully saturated rings. The van der Waals surface area contributed by atoms with Gasteiger partial charge in [0.1, 0.15) is 40.4 Å². The SMILES string of the molecule is CCc1c(N(CC)C2CCOCC2)cc2oc(F)cc2c1C(=O)NCc1c(OC)cc(C)[nH]c1=O.CCc1c(N(CC)C2CCOCC2)cc2occc2c1C(=O)O.CCc1c(N(CC)C2CCOCC2)cc2occc2c1C(=O)OC.CCc1c(N(CC)C2CCOCC2)cc2occc2c1C(=O)OCc1ccc(OC)cc1. The molecule has 0 spiro atoms. The van der Waals surface area contributed by atoms with Crippen molar-refractivity contribution in [1.82, 2.24) is 10.3 Å². The third-order valence-electron chi connectivity index (χ3n) is 22.4. The second-order valence-corrected chi connectivity index (χ2v) is 28.6. The third kappa shape index (κ3) is 18.9. The van der Waals surface area contributed by atoms with Crippen LogP contribution in [0.2, 0.25) is 0 Å². The Morgan fingerprint density at radius 1 is 0.482 bits per heavy atom. The highest BCUT2D eigenvalue weighted by Gasteiger charge is 2.33. The van der Waals surface area contributed by atoms with Crippen molar-refractivity contribution in [1.29, 1.82) is 0 Å². The number of amides is 1. The van der Waals surface area contributed by atoms with Crippen molar-refractivity contribution in [3.63, 3.8) is 0 Å². The largest absolute Gasteiger partial charge is 0.497 e. The van der Waals surface area contributed by atoms with E-state index in [4.69, 9.17) is 55.6 Å². The van der Waals surface area contributed by atoms with Gasteiger partial charge in [0.2, 0.25) is 0 Å². The summed E-state index contributed by atoms with van der Waals surface area (Å²) in [7, 11) is 4.53. The lowest BCUT2D eigenvalue weighted by atomic mass is 9.95. The molecule has 10 aromatic rings. The van der Waals surface area contributed by atoms with Gasteiger partial charge >= 0.3 is 17.9 Å². The number of fused-ring (bicyclic) bond motifs is 4. The lowest BCUT2D eigenvalue weighted by molar-refractivity contribution is 0.0472. The number of nitrogens with zero attached hydrogens (tertiary/aromatic N) is 4. The van der Waals surface area contributed by atoms with Crippen LogP contribution in [0.3, 0.4) is 0 Å². The summed E-state index contributed by atoms with van der Waals surface area (Å²) in [5.74, 6) is -0.754. The Labute approximate surface area is 665 Å². The first-order chi connectivity index (χ1) is 55.4. The first kappa shape index (κ1) is 84.6. The summed E-state index contributed by atoms with van der Waals surface area (Å²) in [5.41, 5.74) is 13.6. The van der Waals surface area contributed by atoms with E-state index in [-0.39, 0.29) is 36.7 Å². The average Bonchev–Trinajstić information content (AvgIpc) is 1.35. The first-order valence-electron chi connectivity index (χ1n) is 40.3. The molecule has 612 valence electrons. The van der Waals surface area contributed by atoms with Gasteiger partial charge in [-0.25, -0.2) is 14.4 Å². The number of hydrogen-bond acceptors (Lipinski definition) is 21. The van der Waals surface area contributed by atoms with Crippen LogP contribution in [0.15, 0.2) is 120 Å². The van der Waals surface area contributed by atoms with Gasteiger partial charge in [-0.1, -0.05) is 39.8 Å². The maximum absolute atomic E-state index is 14.2. The van der Waals surface area contributed by atoms with E-state index in [1.807, 2.05) is 62.4 Å². The Morgan fingerprint density at radius 3 is 1.25 bits per heavy atom. The molecule has 1 amide bonds. The van der Waals surface area contributed by atoms with E-state index in [1.54, 1.807) is 45.0 Å². The number of H-pyrrole nitrogens is 1. The fraction of sp³-hybridized carbons (Fsp3) is 0.472. The molecule has 25 heteroatoms. The molecule has 0 radical (unpaired) electrons. The standard InChI is InChI=1S/C26H32FN3O5.C26H31NO5.C19H25NO4.C18H23NO4/c1-5-17-20(30(6-2)16-7-9-34-10-8-16)13-22-18(12-23(27)35-22)24(17)26(32)28-14-19-21(33-4)11-15(3)29-25(19)31;1-4-21-23(27(5-2)19-10-13-30-14-11-19)16-24-22(12-15-31-24)25(21)26(28)32-17-18-6-8-20(29-3)9-7-18;1-4-14-16(20(5-2)13-6-9-23-10-7-13)12-17-15(8-11-24-17)18(14)19(21)22-3;1-3-13-15(19(4-2)12-5-8-22-9-6-12)11-16-14(7-10-23-16)17(13)18(20)21/h11-13,16H,5-10,14H2,1-4H3,(H,28,32)(H,29,31);6-9,12,15-16,19H,4-5,10-11,13-14,17H2,1-3H3;8,11-13H,4-7,9-10H2,1-3H3;7,10-12H,3-6,8-9H2,1-2H3,(H,20,21). The number of carbonyl (C=O) groups excluding carboxylic acids is 3. The number of aryl methyl sites for hydroxylation is 1. The number of carboxylic acid groups (broad SMARTS) is 1. The van der Waals surface area contributed by atoms with Gasteiger partial charge in [-0.05, 0) is 176 Å². The minimum Gasteiger partial charge on any atom is -0.497 e.